The molecule has 0 spiro atoms. The molecule has 1 aliphatic heterocycles. The third-order valence-corrected chi connectivity index (χ3v) is 3.13. The number of aryl methyl sites for hydroxylation is 1. The van der Waals surface area contributed by atoms with Gasteiger partial charge in [0.25, 0.3) is 0 Å². The molecule has 0 aliphatic carbocycles. The molecule has 0 aromatic carbocycles. The summed E-state index contributed by atoms with van der Waals surface area (Å²) >= 11 is 0. The fraction of sp³-hybridized carbons (Fsp3) is 0.231. The van der Waals surface area contributed by atoms with E-state index in [9.17, 15) is 0 Å². The van der Waals surface area contributed by atoms with Crippen LogP contribution in [0.5, 0.6) is 0 Å². The zero-order chi connectivity index (χ0) is 12.8. The molecule has 90 valence electrons. The molecule has 1 unspecified atom stereocenters. The number of nitrogens with two attached hydrogens (primary N) is 1. The van der Waals surface area contributed by atoms with Crippen molar-refractivity contribution in [3.05, 3.63) is 47.5 Å². The lowest BCUT2D eigenvalue weighted by molar-refractivity contribution is 0.565. The van der Waals surface area contributed by atoms with Crippen LogP contribution >= 0.6 is 0 Å². The van der Waals surface area contributed by atoms with E-state index in [4.69, 9.17) is 5.73 Å². The van der Waals surface area contributed by atoms with Gasteiger partial charge in [-0.15, -0.1) is 0 Å². The predicted molar refractivity (Wildman–Crippen MR) is 68.6 cm³/mol. The number of anilines is 1. The highest BCUT2D eigenvalue weighted by atomic mass is 15.2. The lowest BCUT2D eigenvalue weighted by Crippen LogP contribution is -2.21. The van der Waals surface area contributed by atoms with Gasteiger partial charge in [0, 0.05) is 11.9 Å². The topological polar surface area (TPSA) is 76.5 Å². The van der Waals surface area contributed by atoms with E-state index in [1.807, 2.05) is 38.1 Å². The minimum absolute atomic E-state index is 0.612. The highest BCUT2D eigenvalue weighted by molar-refractivity contribution is 5.69. The molecule has 2 N–H and O–H groups in total. The highest BCUT2D eigenvalue weighted by Gasteiger charge is 2.39. The van der Waals surface area contributed by atoms with E-state index in [0.717, 1.165) is 17.1 Å². The largest absolute Gasteiger partial charge is 0.397 e. The Morgan fingerprint density at radius 1 is 1.28 bits per heavy atom. The molecule has 0 radical (unpaired) electrons. The van der Waals surface area contributed by atoms with Crippen LogP contribution in [-0.4, -0.2) is 9.97 Å². The summed E-state index contributed by atoms with van der Waals surface area (Å²) in [6.45, 7) is 3.87. The van der Waals surface area contributed by atoms with Crippen LogP contribution in [0.15, 0.2) is 40.7 Å². The smallest absolute Gasteiger partial charge is 0.165 e. The first kappa shape index (κ1) is 10.8. The van der Waals surface area contributed by atoms with Gasteiger partial charge in [-0.1, -0.05) is 6.07 Å². The number of hydrogen-bond donors (Lipinski definition) is 1. The van der Waals surface area contributed by atoms with Crippen molar-refractivity contribution in [3.63, 3.8) is 0 Å². The molecule has 18 heavy (non-hydrogen) atoms. The van der Waals surface area contributed by atoms with E-state index in [-0.39, 0.29) is 0 Å². The summed E-state index contributed by atoms with van der Waals surface area (Å²) in [5, 5.41) is 8.49. The molecule has 0 amide bonds. The molecule has 0 fully saturated rings. The fourth-order valence-corrected chi connectivity index (χ4v) is 2.16. The van der Waals surface area contributed by atoms with Crippen LogP contribution in [0.25, 0.3) is 0 Å². The normalized spacial score (nSPS) is 21.0. The molecule has 3 rings (SSSR count). The predicted octanol–water partition coefficient (Wildman–Crippen LogP) is 2.73. The highest BCUT2D eigenvalue weighted by Crippen LogP contribution is 2.45. The van der Waals surface area contributed by atoms with E-state index < -0.39 is 5.54 Å². The van der Waals surface area contributed by atoms with Crippen molar-refractivity contribution in [1.82, 2.24) is 9.97 Å². The lowest BCUT2D eigenvalue weighted by atomic mass is 9.93. The number of aromatic nitrogens is 2. The SMILES string of the molecule is Cc1cc(N)c2c(n1)C(C)(c1ccccn1)N=N2. The molecule has 1 atom stereocenters. The van der Waals surface area contributed by atoms with Gasteiger partial charge in [-0.05, 0) is 32.0 Å². The van der Waals surface area contributed by atoms with E-state index >= 15 is 0 Å². The number of rotatable bonds is 1. The van der Waals surface area contributed by atoms with Gasteiger partial charge in [-0.2, -0.15) is 10.2 Å². The van der Waals surface area contributed by atoms with Gasteiger partial charge < -0.3 is 5.73 Å². The maximum Gasteiger partial charge on any atom is 0.165 e. The molecule has 0 saturated carbocycles. The van der Waals surface area contributed by atoms with Crippen LogP contribution < -0.4 is 5.73 Å². The third kappa shape index (κ3) is 1.40. The van der Waals surface area contributed by atoms with Gasteiger partial charge in [-0.3, -0.25) is 9.97 Å². The molecular weight excluding hydrogens is 226 g/mol. The number of nitrogens with zero attached hydrogens (tertiary/aromatic N) is 4. The van der Waals surface area contributed by atoms with Gasteiger partial charge in [0.15, 0.2) is 5.54 Å². The monoisotopic (exact) mass is 239 g/mol. The van der Waals surface area contributed by atoms with Crippen LogP contribution in [0.4, 0.5) is 11.4 Å². The standard InChI is InChI=1S/C13H13N5/c1-8-7-9(14)11-12(16-8)13(2,18-17-11)10-5-3-4-6-15-10/h3-7H,1-2H3,(H2,14,16). The molecule has 2 aromatic rings. The van der Waals surface area contributed by atoms with Crippen LogP contribution in [0.3, 0.4) is 0 Å². The van der Waals surface area contributed by atoms with Crippen LogP contribution in [-0.2, 0) is 5.54 Å². The van der Waals surface area contributed by atoms with Crippen LogP contribution in [0, 0.1) is 6.92 Å². The number of nitrogen functional groups attached to an aromatic ring is 1. The Bertz CT molecular complexity index is 635. The van der Waals surface area contributed by atoms with Crippen molar-refractivity contribution in [2.24, 2.45) is 10.2 Å². The van der Waals surface area contributed by atoms with E-state index in [1.54, 1.807) is 6.20 Å². The number of fused-ring (bicyclic) bond motifs is 1. The summed E-state index contributed by atoms with van der Waals surface area (Å²) < 4.78 is 0. The Morgan fingerprint density at radius 3 is 2.83 bits per heavy atom. The summed E-state index contributed by atoms with van der Waals surface area (Å²) in [5.74, 6) is 0. The van der Waals surface area contributed by atoms with Gasteiger partial charge >= 0.3 is 0 Å². The second kappa shape index (κ2) is 3.60. The van der Waals surface area contributed by atoms with Crippen LogP contribution in [0.2, 0.25) is 0 Å². The number of hydrogen-bond acceptors (Lipinski definition) is 5. The number of azo groups is 1. The Morgan fingerprint density at radius 2 is 2.11 bits per heavy atom. The van der Waals surface area contributed by atoms with Crippen molar-refractivity contribution in [3.8, 4) is 0 Å². The second-order valence-corrected chi connectivity index (χ2v) is 4.54. The van der Waals surface area contributed by atoms with Gasteiger partial charge in [0.2, 0.25) is 0 Å². The molecule has 0 saturated heterocycles. The summed E-state index contributed by atoms with van der Waals surface area (Å²) in [7, 11) is 0. The Labute approximate surface area is 105 Å². The minimum Gasteiger partial charge on any atom is -0.397 e. The first-order valence-electron chi connectivity index (χ1n) is 5.73. The van der Waals surface area contributed by atoms with Crippen molar-refractivity contribution >= 4 is 11.4 Å². The lowest BCUT2D eigenvalue weighted by Gasteiger charge is -2.19. The average Bonchev–Trinajstić information content (AvgIpc) is 2.70. The Kier molecular flexibility index (Phi) is 2.16. The van der Waals surface area contributed by atoms with Crippen molar-refractivity contribution in [1.29, 1.82) is 0 Å². The molecule has 5 nitrogen and oxygen atoms in total. The van der Waals surface area contributed by atoms with Crippen molar-refractivity contribution in [2.75, 3.05) is 5.73 Å². The molecule has 3 heterocycles. The van der Waals surface area contributed by atoms with E-state index in [1.165, 1.54) is 0 Å². The average molecular weight is 239 g/mol. The first-order valence-corrected chi connectivity index (χ1v) is 5.73. The van der Waals surface area contributed by atoms with Crippen molar-refractivity contribution in [2.45, 2.75) is 19.4 Å². The van der Waals surface area contributed by atoms with Gasteiger partial charge in [0.1, 0.15) is 11.4 Å². The quantitative estimate of drug-likeness (QED) is 0.831. The van der Waals surface area contributed by atoms with Gasteiger partial charge in [-0.25, -0.2) is 0 Å². The Hall–Kier alpha value is -2.30. The maximum atomic E-state index is 5.96. The van der Waals surface area contributed by atoms with Crippen LogP contribution in [0.1, 0.15) is 24.0 Å². The second-order valence-electron chi connectivity index (χ2n) is 4.54. The summed E-state index contributed by atoms with van der Waals surface area (Å²) in [4.78, 5) is 8.89. The molecular formula is C13H13N5. The first-order chi connectivity index (χ1) is 8.61. The number of pyridine rings is 2. The maximum absolute atomic E-state index is 5.96. The Balaban J connectivity index is 2.24. The summed E-state index contributed by atoms with van der Waals surface area (Å²) in [5.41, 5.74) is 9.05. The van der Waals surface area contributed by atoms with Crippen molar-refractivity contribution < 1.29 is 0 Å². The third-order valence-electron chi connectivity index (χ3n) is 3.13. The zero-order valence-corrected chi connectivity index (χ0v) is 10.3. The molecule has 1 aliphatic rings. The van der Waals surface area contributed by atoms with E-state index in [0.29, 0.717) is 11.4 Å². The summed E-state index contributed by atoms with van der Waals surface area (Å²) in [6.07, 6.45) is 1.74. The summed E-state index contributed by atoms with van der Waals surface area (Å²) in [6, 6.07) is 7.54. The molecule has 2 aromatic heterocycles. The molecule has 5 heteroatoms. The minimum atomic E-state index is -0.642. The van der Waals surface area contributed by atoms with E-state index in [2.05, 4.69) is 20.2 Å². The van der Waals surface area contributed by atoms with Gasteiger partial charge in [0.05, 0.1) is 11.4 Å². The zero-order valence-electron chi connectivity index (χ0n) is 10.3. The molecule has 0 bridgehead atoms. The fourth-order valence-electron chi connectivity index (χ4n) is 2.16.